The molecule has 94 valence electrons. The van der Waals surface area contributed by atoms with Crippen LogP contribution < -0.4 is 0 Å². The molecule has 0 radical (unpaired) electrons. The Kier molecular flexibility index (Phi) is 3.59. The summed E-state index contributed by atoms with van der Waals surface area (Å²) >= 11 is 0. The molecule has 7 heteroatoms. The summed E-state index contributed by atoms with van der Waals surface area (Å²) in [6, 6.07) is 0. The van der Waals surface area contributed by atoms with E-state index in [4.69, 9.17) is 0 Å². The molecule has 0 aliphatic rings. The van der Waals surface area contributed by atoms with Crippen molar-refractivity contribution < 1.29 is 23.1 Å². The molecule has 0 aliphatic heterocycles. The van der Waals surface area contributed by atoms with E-state index >= 15 is 0 Å². The zero-order valence-corrected chi connectivity index (χ0v) is 9.25. The van der Waals surface area contributed by atoms with Gasteiger partial charge >= 0.3 is 6.18 Å². The Labute approximate surface area is 95.4 Å². The maximum absolute atomic E-state index is 12.0. The average molecular weight is 248 g/mol. The predicted molar refractivity (Wildman–Crippen MR) is 54.3 cm³/mol. The van der Waals surface area contributed by atoms with Gasteiger partial charge in [0, 0.05) is 18.3 Å². The Morgan fingerprint density at radius 1 is 1.59 bits per heavy atom. The third kappa shape index (κ3) is 2.86. The van der Waals surface area contributed by atoms with Gasteiger partial charge in [0.1, 0.15) is 5.76 Å². The number of aliphatic hydroxyl groups excluding tert-OH is 1. The highest BCUT2D eigenvalue weighted by molar-refractivity contribution is 5.99. The first-order valence-electron chi connectivity index (χ1n) is 4.82. The Morgan fingerprint density at radius 2 is 2.18 bits per heavy atom. The van der Waals surface area contributed by atoms with Gasteiger partial charge in [-0.25, -0.2) is 0 Å². The SMILES string of the molecule is CCn1ncc(/C(O)=C/C(=O)C(F)(F)F)c1C. The monoisotopic (exact) mass is 248 g/mol. The summed E-state index contributed by atoms with van der Waals surface area (Å²) in [4.78, 5) is 10.6. The van der Waals surface area contributed by atoms with Crippen LogP contribution in [0.25, 0.3) is 5.76 Å². The summed E-state index contributed by atoms with van der Waals surface area (Å²) in [5.41, 5.74) is 0.612. The van der Waals surface area contributed by atoms with E-state index in [1.165, 1.54) is 10.9 Å². The van der Waals surface area contributed by atoms with Crippen LogP contribution in [0, 0.1) is 6.92 Å². The lowest BCUT2D eigenvalue weighted by Crippen LogP contribution is -2.20. The number of rotatable bonds is 3. The van der Waals surface area contributed by atoms with Gasteiger partial charge in [0.25, 0.3) is 5.78 Å². The first kappa shape index (κ1) is 13.3. The van der Waals surface area contributed by atoms with Crippen LogP contribution in [0.2, 0.25) is 0 Å². The van der Waals surface area contributed by atoms with Gasteiger partial charge in [0.05, 0.1) is 11.8 Å². The van der Waals surface area contributed by atoms with Gasteiger partial charge in [-0.3, -0.25) is 9.48 Å². The molecule has 0 bridgehead atoms. The summed E-state index contributed by atoms with van der Waals surface area (Å²) < 4.78 is 37.4. The molecule has 0 saturated carbocycles. The first-order chi connectivity index (χ1) is 7.77. The summed E-state index contributed by atoms with van der Waals surface area (Å²) in [6.45, 7) is 3.91. The molecule has 0 fully saturated rings. The van der Waals surface area contributed by atoms with E-state index in [1.807, 2.05) is 0 Å². The molecule has 1 aromatic rings. The fraction of sp³-hybridized carbons (Fsp3) is 0.400. The first-order valence-corrected chi connectivity index (χ1v) is 4.82. The number of alkyl halides is 3. The van der Waals surface area contributed by atoms with Crippen molar-refractivity contribution in [1.29, 1.82) is 0 Å². The van der Waals surface area contributed by atoms with Crippen LogP contribution in [-0.2, 0) is 11.3 Å². The number of nitrogens with zero attached hydrogens (tertiary/aromatic N) is 2. The van der Waals surface area contributed by atoms with Crippen LogP contribution >= 0.6 is 0 Å². The highest BCUT2D eigenvalue weighted by atomic mass is 19.4. The number of aromatic nitrogens is 2. The van der Waals surface area contributed by atoms with Gasteiger partial charge in [0.2, 0.25) is 0 Å². The van der Waals surface area contributed by atoms with Crippen molar-refractivity contribution in [2.24, 2.45) is 0 Å². The molecule has 4 nitrogen and oxygen atoms in total. The minimum absolute atomic E-state index is 0.115. The van der Waals surface area contributed by atoms with Crippen molar-refractivity contribution in [3.63, 3.8) is 0 Å². The molecule has 0 atom stereocenters. The zero-order chi connectivity index (χ0) is 13.2. The molecular weight excluding hydrogens is 237 g/mol. The Hall–Kier alpha value is -1.79. The number of carbonyl (C=O) groups is 1. The van der Waals surface area contributed by atoms with Crippen LogP contribution in [-0.4, -0.2) is 26.8 Å². The van der Waals surface area contributed by atoms with E-state index in [0.717, 1.165) is 0 Å². The average Bonchev–Trinajstić information content (AvgIpc) is 2.57. The van der Waals surface area contributed by atoms with Crippen molar-refractivity contribution in [3.8, 4) is 0 Å². The molecule has 1 rings (SSSR count). The minimum Gasteiger partial charge on any atom is -0.507 e. The zero-order valence-electron chi connectivity index (χ0n) is 9.25. The summed E-state index contributed by atoms with van der Waals surface area (Å²) in [7, 11) is 0. The standard InChI is InChI=1S/C10H11F3N2O2/c1-3-15-6(2)7(5-14-15)8(16)4-9(17)10(11,12)13/h4-5,16H,3H2,1-2H3/b8-4-. The largest absolute Gasteiger partial charge is 0.507 e. The smallest absolute Gasteiger partial charge is 0.454 e. The van der Waals surface area contributed by atoms with E-state index in [-0.39, 0.29) is 11.6 Å². The van der Waals surface area contributed by atoms with Gasteiger partial charge in [-0.05, 0) is 13.8 Å². The van der Waals surface area contributed by atoms with E-state index in [0.29, 0.717) is 12.2 Å². The van der Waals surface area contributed by atoms with Crippen LogP contribution in [0.4, 0.5) is 13.2 Å². The fourth-order valence-electron chi connectivity index (χ4n) is 1.30. The van der Waals surface area contributed by atoms with E-state index in [9.17, 15) is 23.1 Å². The molecule has 0 spiro atoms. The third-order valence-corrected chi connectivity index (χ3v) is 2.23. The molecule has 0 saturated heterocycles. The van der Waals surface area contributed by atoms with Gasteiger partial charge in [-0.15, -0.1) is 0 Å². The number of halogens is 3. The lowest BCUT2D eigenvalue weighted by atomic mass is 10.2. The summed E-state index contributed by atoms with van der Waals surface area (Å²) in [5.74, 6) is -2.83. The number of aliphatic hydroxyl groups is 1. The lowest BCUT2D eigenvalue weighted by Gasteiger charge is -2.03. The maximum Gasteiger partial charge on any atom is 0.454 e. The molecule has 0 amide bonds. The highest BCUT2D eigenvalue weighted by Crippen LogP contribution is 2.21. The van der Waals surface area contributed by atoms with Crippen LogP contribution in [0.3, 0.4) is 0 Å². The van der Waals surface area contributed by atoms with Crippen LogP contribution in [0.1, 0.15) is 18.2 Å². The van der Waals surface area contributed by atoms with E-state index in [2.05, 4.69) is 5.10 Å². The van der Waals surface area contributed by atoms with Crippen molar-refractivity contribution in [1.82, 2.24) is 9.78 Å². The Balaban J connectivity index is 3.04. The van der Waals surface area contributed by atoms with E-state index in [1.54, 1.807) is 13.8 Å². The van der Waals surface area contributed by atoms with Gasteiger partial charge in [-0.1, -0.05) is 0 Å². The molecule has 17 heavy (non-hydrogen) atoms. The molecule has 1 heterocycles. The number of allylic oxidation sites excluding steroid dienone is 1. The second kappa shape index (κ2) is 4.60. The number of aryl methyl sites for hydroxylation is 1. The van der Waals surface area contributed by atoms with Gasteiger partial charge in [-0.2, -0.15) is 18.3 Å². The number of ketones is 1. The van der Waals surface area contributed by atoms with Crippen molar-refractivity contribution in [2.45, 2.75) is 26.6 Å². The van der Waals surface area contributed by atoms with Crippen LogP contribution in [0.15, 0.2) is 12.3 Å². The molecule has 0 unspecified atom stereocenters. The van der Waals surface area contributed by atoms with Crippen molar-refractivity contribution >= 4 is 11.5 Å². The Morgan fingerprint density at radius 3 is 2.59 bits per heavy atom. The quantitative estimate of drug-likeness (QED) is 0.659. The van der Waals surface area contributed by atoms with Crippen LogP contribution in [0.5, 0.6) is 0 Å². The topological polar surface area (TPSA) is 55.1 Å². The minimum atomic E-state index is -4.98. The maximum atomic E-state index is 12.0. The van der Waals surface area contributed by atoms with Gasteiger partial charge in [0.15, 0.2) is 0 Å². The van der Waals surface area contributed by atoms with E-state index < -0.39 is 17.7 Å². The number of hydrogen-bond donors (Lipinski definition) is 1. The summed E-state index contributed by atoms with van der Waals surface area (Å²) in [6.07, 6.45) is -3.61. The second-order valence-corrected chi connectivity index (χ2v) is 3.35. The molecular formula is C10H11F3N2O2. The van der Waals surface area contributed by atoms with Crippen molar-refractivity contribution in [3.05, 3.63) is 23.5 Å². The Bertz CT molecular complexity index is 461. The second-order valence-electron chi connectivity index (χ2n) is 3.35. The number of carbonyl (C=O) groups excluding carboxylic acids is 1. The lowest BCUT2D eigenvalue weighted by molar-refractivity contribution is -0.165. The van der Waals surface area contributed by atoms with Gasteiger partial charge < -0.3 is 5.11 Å². The normalized spacial score (nSPS) is 12.9. The molecule has 1 aromatic heterocycles. The summed E-state index contributed by atoms with van der Waals surface area (Å²) in [5, 5.41) is 13.3. The third-order valence-electron chi connectivity index (χ3n) is 2.23. The number of hydrogen-bond acceptors (Lipinski definition) is 3. The molecule has 0 aromatic carbocycles. The van der Waals surface area contributed by atoms with Crippen molar-refractivity contribution in [2.75, 3.05) is 0 Å². The fourth-order valence-corrected chi connectivity index (χ4v) is 1.30. The highest BCUT2D eigenvalue weighted by Gasteiger charge is 2.37. The molecule has 1 N–H and O–H groups in total. The predicted octanol–water partition coefficient (Wildman–Crippen LogP) is 2.24. The molecule has 0 aliphatic carbocycles.